The predicted molar refractivity (Wildman–Crippen MR) is 215 cm³/mol. The Morgan fingerprint density at radius 1 is 0.732 bits per heavy atom. The first-order valence-electron chi connectivity index (χ1n) is 17.4. The fraction of sp³-hybridized carbons (Fsp3) is 0.405. The molecule has 4 aromatic rings. The van der Waals surface area contributed by atoms with E-state index in [1.54, 1.807) is 22.4 Å². The third-order valence-electron chi connectivity index (χ3n) is 9.78. The van der Waals surface area contributed by atoms with Crippen LogP contribution < -0.4 is 21.1 Å². The summed E-state index contributed by atoms with van der Waals surface area (Å²) >= 11 is 11.5. The van der Waals surface area contributed by atoms with Crippen LogP contribution in [0.15, 0.2) is 48.8 Å². The summed E-state index contributed by atoms with van der Waals surface area (Å²) in [5, 5.41) is 4.88. The Labute approximate surface area is 339 Å². The zero-order valence-electron chi connectivity index (χ0n) is 29.7. The molecule has 2 aromatic carbocycles. The van der Waals surface area contributed by atoms with Crippen LogP contribution in [0, 0.1) is 11.6 Å². The Morgan fingerprint density at radius 2 is 1.18 bits per heavy atom. The van der Waals surface area contributed by atoms with Gasteiger partial charge in [0.25, 0.3) is 11.8 Å². The molecule has 2 aromatic heterocycles. The van der Waals surface area contributed by atoms with Crippen LogP contribution in [0.2, 0.25) is 10.0 Å². The highest BCUT2D eigenvalue weighted by atomic mass is 35.7. The van der Waals surface area contributed by atoms with Crippen LogP contribution in [-0.2, 0) is 46.0 Å². The SMILES string of the molecule is C.Cn1cc2c(c1C(=O)Nc1ccc(F)c(Cl)c1)CCC2N.Cn1cc2c(c1C(=O)Nc1ccc(F)c(Cl)c1)CCC2NS(=O)(=O)C1CC1.O=S(=O)(Cl)C1CC1. The van der Waals surface area contributed by atoms with Crippen molar-refractivity contribution in [2.45, 2.75) is 81.4 Å². The second-order valence-corrected chi connectivity index (χ2v) is 19.7. The number of hydrogen-bond donors (Lipinski definition) is 4. The smallest absolute Gasteiger partial charge is 0.272 e. The zero-order valence-corrected chi connectivity index (χ0v) is 33.6. The number of halogens is 5. The quantitative estimate of drug-likeness (QED) is 0.133. The molecule has 0 aliphatic heterocycles. The molecule has 0 spiro atoms. The van der Waals surface area contributed by atoms with Crippen molar-refractivity contribution in [2.24, 2.45) is 19.8 Å². The number of nitrogens with two attached hydrogens (primary N) is 1. The third kappa shape index (κ3) is 9.95. The number of carbonyl (C=O) groups excluding carboxylic acids is 2. The summed E-state index contributed by atoms with van der Waals surface area (Å²) in [6.07, 6.45) is 9.51. The lowest BCUT2D eigenvalue weighted by Gasteiger charge is -2.12. The summed E-state index contributed by atoms with van der Waals surface area (Å²) in [7, 11) is 2.01. The maximum Gasteiger partial charge on any atom is 0.272 e. The molecule has 0 radical (unpaired) electrons. The van der Waals surface area contributed by atoms with Crippen molar-refractivity contribution < 1.29 is 35.2 Å². The number of rotatable bonds is 8. The number of sulfonamides is 1. The van der Waals surface area contributed by atoms with Crippen molar-refractivity contribution in [3.8, 4) is 0 Å². The average molecular weight is 876 g/mol. The topological polar surface area (TPSA) is 174 Å². The van der Waals surface area contributed by atoms with Crippen LogP contribution >= 0.6 is 33.9 Å². The van der Waals surface area contributed by atoms with Gasteiger partial charge in [-0.15, -0.1) is 0 Å². The maximum atomic E-state index is 13.3. The molecular formula is C37H43Cl3F2N6O6S2. The Morgan fingerprint density at radius 3 is 1.61 bits per heavy atom. The molecule has 0 bridgehead atoms. The van der Waals surface area contributed by atoms with E-state index < -0.39 is 30.7 Å². The molecule has 8 rings (SSSR count). The summed E-state index contributed by atoms with van der Waals surface area (Å²) < 4.78 is 77.5. The zero-order chi connectivity index (χ0) is 40.0. The van der Waals surface area contributed by atoms with Gasteiger partial charge in [-0.05, 0) is 110 Å². The number of amides is 2. The highest BCUT2D eigenvalue weighted by Crippen LogP contribution is 2.38. The standard InChI is InChI=1S/C18H19ClFN3O3S.C15H15ClFN3O.C3H5ClO2S.CH4/c1-23-9-13-12(5-7-16(13)22-27(25,26)11-3-4-11)17(23)18(24)21-10-2-6-15(20)14(19)8-10;1-20-7-10-9(3-5-13(10)18)14(20)15(21)19-8-2-4-12(17)11(16)6-8;4-7(5,6)3-1-2-3;/h2,6,8-9,11,16,22H,3-5,7H2,1H3,(H,21,24);2,4,6-7,13H,3,5,18H2,1H3,(H,19,21);3H,1-2H2;1H4. The summed E-state index contributed by atoms with van der Waals surface area (Å²) in [5.74, 6) is -1.65. The van der Waals surface area contributed by atoms with E-state index in [1.807, 2.05) is 13.2 Å². The number of nitrogens with zero attached hydrogens (tertiary/aromatic N) is 2. The molecule has 12 nitrogen and oxygen atoms in total. The van der Waals surface area contributed by atoms with E-state index in [4.69, 9.17) is 39.6 Å². The fourth-order valence-corrected chi connectivity index (χ4v) is 9.90. The van der Waals surface area contributed by atoms with Gasteiger partial charge in [-0.3, -0.25) is 9.59 Å². The molecule has 2 unspecified atom stereocenters. The molecule has 304 valence electrons. The molecule has 5 N–H and O–H groups in total. The third-order valence-corrected chi connectivity index (χ3v) is 14.3. The normalized spacial score (nSPS) is 18.4. The minimum absolute atomic E-state index is 0. The fourth-order valence-electron chi connectivity index (χ4n) is 6.71. The van der Waals surface area contributed by atoms with Crippen molar-refractivity contribution in [1.82, 2.24) is 13.9 Å². The summed E-state index contributed by atoms with van der Waals surface area (Å²) in [6.45, 7) is 0. The number of benzene rings is 2. The molecule has 56 heavy (non-hydrogen) atoms. The first-order valence-corrected chi connectivity index (χ1v) is 22.1. The Kier molecular flexibility index (Phi) is 13.4. The van der Waals surface area contributed by atoms with E-state index >= 15 is 0 Å². The van der Waals surface area contributed by atoms with Crippen LogP contribution in [0.4, 0.5) is 20.2 Å². The average Bonchev–Trinajstić information content (AvgIpc) is 4.02. The number of aromatic nitrogens is 2. The van der Waals surface area contributed by atoms with Crippen molar-refractivity contribution in [1.29, 1.82) is 0 Å². The number of carbonyl (C=O) groups is 2. The van der Waals surface area contributed by atoms with Gasteiger partial charge in [0.2, 0.25) is 19.1 Å². The molecule has 0 saturated heterocycles. The van der Waals surface area contributed by atoms with E-state index in [0.29, 0.717) is 48.4 Å². The minimum atomic E-state index is -3.30. The molecule has 19 heteroatoms. The Hall–Kier alpha value is -3.51. The van der Waals surface area contributed by atoms with Gasteiger partial charge in [0.15, 0.2) is 0 Å². The van der Waals surface area contributed by atoms with Crippen molar-refractivity contribution >= 4 is 76.1 Å². The van der Waals surface area contributed by atoms with E-state index in [-0.39, 0.29) is 51.9 Å². The number of aryl methyl sites for hydroxylation is 2. The van der Waals surface area contributed by atoms with E-state index in [0.717, 1.165) is 47.9 Å². The monoisotopic (exact) mass is 874 g/mol. The highest BCUT2D eigenvalue weighted by molar-refractivity contribution is 8.14. The molecule has 2 amide bonds. The number of nitrogens with one attached hydrogen (secondary N) is 3. The van der Waals surface area contributed by atoms with E-state index in [9.17, 15) is 35.2 Å². The maximum absolute atomic E-state index is 13.3. The van der Waals surface area contributed by atoms with Gasteiger partial charge in [0.05, 0.1) is 20.5 Å². The Balaban J connectivity index is 0.000000183. The van der Waals surface area contributed by atoms with Crippen molar-refractivity contribution in [2.75, 3.05) is 10.6 Å². The summed E-state index contributed by atoms with van der Waals surface area (Å²) in [5.41, 5.74) is 11.6. The molecule has 4 aliphatic rings. The lowest BCUT2D eigenvalue weighted by atomic mass is 10.1. The molecule has 2 saturated carbocycles. The van der Waals surface area contributed by atoms with E-state index in [1.165, 1.54) is 36.4 Å². The lowest BCUT2D eigenvalue weighted by molar-refractivity contribution is 0.101. The van der Waals surface area contributed by atoms with Crippen LogP contribution in [0.1, 0.15) is 101 Å². The molecular weight excluding hydrogens is 833 g/mol. The second kappa shape index (κ2) is 17.1. The number of fused-ring (bicyclic) bond motifs is 2. The minimum Gasteiger partial charge on any atom is -0.346 e. The van der Waals surface area contributed by atoms with Gasteiger partial charge in [-0.25, -0.2) is 30.3 Å². The predicted octanol–water partition coefficient (Wildman–Crippen LogP) is 7.51. The summed E-state index contributed by atoms with van der Waals surface area (Å²) in [4.78, 5) is 25.2. The Bertz CT molecular complexity index is 2380. The highest BCUT2D eigenvalue weighted by Gasteiger charge is 2.40. The largest absolute Gasteiger partial charge is 0.346 e. The van der Waals surface area contributed by atoms with Crippen LogP contribution in [0.5, 0.6) is 0 Å². The van der Waals surface area contributed by atoms with E-state index in [2.05, 4.69) is 15.4 Å². The van der Waals surface area contributed by atoms with Crippen molar-refractivity contribution in [3.63, 3.8) is 0 Å². The van der Waals surface area contributed by atoms with Gasteiger partial charge in [0.1, 0.15) is 23.0 Å². The molecule has 2 atom stereocenters. The number of hydrogen-bond acceptors (Lipinski definition) is 7. The molecule has 4 aliphatic carbocycles. The molecule has 2 heterocycles. The first-order chi connectivity index (χ1) is 25.8. The second-order valence-electron chi connectivity index (χ2n) is 14.0. The van der Waals surface area contributed by atoms with Gasteiger partial charge >= 0.3 is 0 Å². The lowest BCUT2D eigenvalue weighted by Crippen LogP contribution is -2.30. The van der Waals surface area contributed by atoms with Gasteiger partial charge in [-0.2, -0.15) is 0 Å². The number of anilines is 2. The van der Waals surface area contributed by atoms with Crippen LogP contribution in [-0.4, -0.2) is 48.3 Å². The van der Waals surface area contributed by atoms with Crippen LogP contribution in [0.25, 0.3) is 0 Å². The van der Waals surface area contributed by atoms with Gasteiger partial charge in [-0.1, -0.05) is 30.6 Å². The summed E-state index contributed by atoms with van der Waals surface area (Å²) in [6, 6.07) is 7.77. The van der Waals surface area contributed by atoms with Gasteiger partial charge < -0.3 is 25.5 Å². The first kappa shape index (κ1) is 43.6. The van der Waals surface area contributed by atoms with Crippen LogP contribution in [0.3, 0.4) is 0 Å². The van der Waals surface area contributed by atoms with Crippen molar-refractivity contribution in [3.05, 3.63) is 104 Å². The molecule has 2 fully saturated rings. The van der Waals surface area contributed by atoms with Gasteiger partial charge in [0, 0.05) is 60.6 Å².